The molecule has 33 heavy (non-hydrogen) atoms. The van der Waals surface area contributed by atoms with Crippen LogP contribution >= 0.6 is 11.3 Å². The van der Waals surface area contributed by atoms with Crippen LogP contribution in [-0.2, 0) is 9.53 Å². The summed E-state index contributed by atoms with van der Waals surface area (Å²) in [5, 5.41) is 0. The van der Waals surface area contributed by atoms with Gasteiger partial charge in [0.2, 0.25) is 0 Å². The Labute approximate surface area is 194 Å². The number of hydrogen-bond acceptors (Lipinski definition) is 7. The minimum absolute atomic E-state index is 0.225. The lowest BCUT2D eigenvalue weighted by Crippen LogP contribution is -2.39. The van der Waals surface area contributed by atoms with Crippen LogP contribution in [0.5, 0.6) is 11.5 Å². The molecule has 8 heteroatoms. The van der Waals surface area contributed by atoms with Crippen molar-refractivity contribution in [3.63, 3.8) is 0 Å². The molecule has 1 aromatic heterocycles. The van der Waals surface area contributed by atoms with E-state index >= 15 is 0 Å². The van der Waals surface area contributed by atoms with Crippen molar-refractivity contribution >= 4 is 23.4 Å². The number of ether oxygens (including phenoxy) is 3. The Kier molecular flexibility index (Phi) is 6.46. The van der Waals surface area contributed by atoms with E-state index in [1.54, 1.807) is 50.8 Å². The van der Waals surface area contributed by atoms with Gasteiger partial charge in [0.1, 0.15) is 0 Å². The van der Waals surface area contributed by atoms with Gasteiger partial charge in [0.15, 0.2) is 16.3 Å². The number of methoxy groups -OCH3 is 2. The van der Waals surface area contributed by atoms with Crippen molar-refractivity contribution in [2.75, 3.05) is 20.8 Å². The molecule has 2 aromatic carbocycles. The zero-order valence-electron chi connectivity index (χ0n) is 18.8. The molecular weight excluding hydrogens is 440 g/mol. The first-order valence-electron chi connectivity index (χ1n) is 10.4. The Hall–Kier alpha value is -3.65. The molecule has 4 rings (SSSR count). The lowest BCUT2D eigenvalue weighted by atomic mass is 9.96. The number of carbonyl (C=O) groups is 1. The SMILES string of the molecule is CCOC(=O)C1=C(C)N=c2s/c(=C\c3ccc(OC)c(OC)c3)c(=O)n2[C@@H]1c1ccccc1. The third-order valence-corrected chi connectivity index (χ3v) is 6.32. The third kappa shape index (κ3) is 4.21. The van der Waals surface area contributed by atoms with Crippen LogP contribution in [0.1, 0.15) is 31.0 Å². The van der Waals surface area contributed by atoms with Crippen molar-refractivity contribution in [2.45, 2.75) is 19.9 Å². The van der Waals surface area contributed by atoms with Crippen molar-refractivity contribution in [1.29, 1.82) is 0 Å². The lowest BCUT2D eigenvalue weighted by molar-refractivity contribution is -0.139. The molecule has 0 radical (unpaired) electrons. The lowest BCUT2D eigenvalue weighted by Gasteiger charge is -2.24. The predicted octanol–water partition coefficient (Wildman–Crippen LogP) is 2.82. The Morgan fingerprint density at radius 3 is 2.52 bits per heavy atom. The summed E-state index contributed by atoms with van der Waals surface area (Å²) >= 11 is 1.28. The summed E-state index contributed by atoms with van der Waals surface area (Å²) in [5.74, 6) is 0.707. The van der Waals surface area contributed by atoms with Gasteiger partial charge in [0.25, 0.3) is 5.56 Å². The van der Waals surface area contributed by atoms with Gasteiger partial charge in [-0.3, -0.25) is 9.36 Å². The van der Waals surface area contributed by atoms with Gasteiger partial charge in [-0.1, -0.05) is 47.7 Å². The maximum Gasteiger partial charge on any atom is 0.338 e. The highest BCUT2D eigenvalue weighted by Crippen LogP contribution is 2.31. The summed E-state index contributed by atoms with van der Waals surface area (Å²) in [5.41, 5.74) is 2.29. The first kappa shape index (κ1) is 22.5. The Morgan fingerprint density at radius 1 is 1.12 bits per heavy atom. The first-order valence-corrected chi connectivity index (χ1v) is 11.3. The van der Waals surface area contributed by atoms with E-state index in [0.717, 1.165) is 11.1 Å². The highest BCUT2D eigenvalue weighted by atomic mass is 32.1. The third-order valence-electron chi connectivity index (χ3n) is 5.34. The van der Waals surface area contributed by atoms with E-state index in [0.29, 0.717) is 32.1 Å². The predicted molar refractivity (Wildman–Crippen MR) is 126 cm³/mol. The zero-order chi connectivity index (χ0) is 23.5. The van der Waals surface area contributed by atoms with Crippen molar-refractivity contribution in [3.05, 3.63) is 90.6 Å². The number of hydrogen-bond donors (Lipinski definition) is 0. The number of thiazole rings is 1. The van der Waals surface area contributed by atoms with Crippen molar-refractivity contribution in [2.24, 2.45) is 4.99 Å². The highest BCUT2D eigenvalue weighted by Gasteiger charge is 2.33. The molecule has 7 nitrogen and oxygen atoms in total. The molecule has 170 valence electrons. The van der Waals surface area contributed by atoms with Crippen LogP contribution in [0.25, 0.3) is 6.08 Å². The zero-order valence-corrected chi connectivity index (χ0v) is 19.6. The molecule has 3 aromatic rings. The summed E-state index contributed by atoms with van der Waals surface area (Å²) in [6.07, 6.45) is 1.79. The van der Waals surface area contributed by atoms with Crippen LogP contribution in [-0.4, -0.2) is 31.4 Å². The minimum Gasteiger partial charge on any atom is -0.493 e. The summed E-state index contributed by atoms with van der Waals surface area (Å²) in [7, 11) is 3.14. The number of nitrogens with zero attached hydrogens (tertiary/aromatic N) is 2. The fourth-order valence-electron chi connectivity index (χ4n) is 3.84. The standard InChI is InChI=1S/C25H24N2O5S/c1-5-32-24(29)21-15(2)26-25-27(22(21)17-9-7-6-8-10-17)23(28)20(33-25)14-16-11-12-18(30-3)19(13-16)31-4/h6-14,22H,5H2,1-4H3/b20-14-/t22-/m1/s1. The average molecular weight is 465 g/mol. The van der Waals surface area contributed by atoms with Gasteiger partial charge in [-0.15, -0.1) is 0 Å². The summed E-state index contributed by atoms with van der Waals surface area (Å²) in [6, 6.07) is 14.3. The van der Waals surface area contributed by atoms with Gasteiger partial charge in [0, 0.05) is 0 Å². The molecule has 0 bridgehead atoms. The second kappa shape index (κ2) is 9.46. The maximum absolute atomic E-state index is 13.6. The number of rotatable bonds is 6. The minimum atomic E-state index is -0.617. The number of esters is 1. The number of benzene rings is 2. The average Bonchev–Trinajstić information content (AvgIpc) is 3.13. The van der Waals surface area contributed by atoms with E-state index in [2.05, 4.69) is 4.99 Å². The number of carbonyl (C=O) groups excluding carboxylic acids is 1. The molecule has 2 heterocycles. The van der Waals surface area contributed by atoms with Gasteiger partial charge in [0.05, 0.1) is 42.7 Å². The molecule has 0 amide bonds. The summed E-state index contributed by atoms with van der Waals surface area (Å²) in [6.45, 7) is 3.76. The Morgan fingerprint density at radius 2 is 1.85 bits per heavy atom. The topological polar surface area (TPSA) is 79.1 Å². The molecule has 0 fully saturated rings. The van der Waals surface area contributed by atoms with E-state index < -0.39 is 12.0 Å². The fraction of sp³-hybridized carbons (Fsp3) is 0.240. The van der Waals surface area contributed by atoms with Gasteiger partial charge in [-0.25, -0.2) is 9.79 Å². The molecular formula is C25H24N2O5S. The van der Waals surface area contributed by atoms with E-state index in [4.69, 9.17) is 14.2 Å². The monoisotopic (exact) mass is 464 g/mol. The second-order valence-corrected chi connectivity index (χ2v) is 8.34. The smallest absolute Gasteiger partial charge is 0.338 e. The molecule has 0 N–H and O–H groups in total. The van der Waals surface area contributed by atoms with Crippen LogP contribution in [0.4, 0.5) is 0 Å². The van der Waals surface area contributed by atoms with Crippen LogP contribution in [0.2, 0.25) is 0 Å². The number of fused-ring (bicyclic) bond motifs is 1. The van der Waals surface area contributed by atoms with Crippen LogP contribution in [0.15, 0.2) is 69.6 Å². The Balaban J connectivity index is 1.92. The van der Waals surface area contributed by atoms with E-state index in [9.17, 15) is 9.59 Å². The van der Waals surface area contributed by atoms with Crippen molar-refractivity contribution in [3.8, 4) is 11.5 Å². The van der Waals surface area contributed by atoms with Crippen LogP contribution in [0, 0.1) is 0 Å². The molecule has 0 saturated carbocycles. The molecule has 1 aliphatic heterocycles. The van der Waals surface area contributed by atoms with Crippen molar-refractivity contribution in [1.82, 2.24) is 4.57 Å². The molecule has 1 aliphatic rings. The van der Waals surface area contributed by atoms with Crippen LogP contribution < -0.4 is 24.4 Å². The molecule has 0 aliphatic carbocycles. The molecule has 1 atom stereocenters. The summed E-state index contributed by atoms with van der Waals surface area (Å²) in [4.78, 5) is 31.5. The highest BCUT2D eigenvalue weighted by molar-refractivity contribution is 7.07. The fourth-order valence-corrected chi connectivity index (χ4v) is 4.88. The molecule has 0 saturated heterocycles. The Bertz CT molecular complexity index is 1400. The van der Waals surface area contributed by atoms with E-state index in [1.807, 2.05) is 36.4 Å². The van der Waals surface area contributed by atoms with Gasteiger partial charge < -0.3 is 14.2 Å². The van der Waals surface area contributed by atoms with Gasteiger partial charge in [-0.2, -0.15) is 0 Å². The number of aromatic nitrogens is 1. The number of allylic oxidation sites excluding steroid dienone is 1. The normalized spacial score (nSPS) is 15.6. The van der Waals surface area contributed by atoms with E-state index in [-0.39, 0.29) is 12.2 Å². The first-order chi connectivity index (χ1) is 16.0. The maximum atomic E-state index is 13.6. The quantitative estimate of drug-likeness (QED) is 0.524. The second-order valence-electron chi connectivity index (χ2n) is 7.33. The van der Waals surface area contributed by atoms with Crippen molar-refractivity contribution < 1.29 is 19.0 Å². The summed E-state index contributed by atoms with van der Waals surface area (Å²) < 4.78 is 18.1. The van der Waals surface area contributed by atoms with Crippen LogP contribution in [0.3, 0.4) is 0 Å². The van der Waals surface area contributed by atoms with Gasteiger partial charge >= 0.3 is 5.97 Å². The largest absolute Gasteiger partial charge is 0.493 e. The molecule has 0 spiro atoms. The van der Waals surface area contributed by atoms with Gasteiger partial charge in [-0.05, 0) is 43.2 Å². The molecule has 0 unspecified atom stereocenters. The van der Waals surface area contributed by atoms with E-state index in [1.165, 1.54) is 11.3 Å².